The number of carbonyl (C=O) groups is 1. The molecule has 1 aliphatic heterocycles. The lowest BCUT2D eigenvalue weighted by Crippen LogP contribution is -2.37. The summed E-state index contributed by atoms with van der Waals surface area (Å²) in [5.41, 5.74) is -1.02. The molecule has 6 nitrogen and oxygen atoms in total. The van der Waals surface area contributed by atoms with Crippen molar-refractivity contribution in [3.8, 4) is 0 Å². The molecule has 1 amide bonds. The second-order valence-corrected chi connectivity index (χ2v) is 6.08. The van der Waals surface area contributed by atoms with Crippen molar-refractivity contribution in [3.63, 3.8) is 0 Å². The van der Waals surface area contributed by atoms with Crippen LogP contribution in [0.4, 0.5) is 13.2 Å². The highest BCUT2D eigenvalue weighted by Crippen LogP contribution is 2.29. The molecule has 1 N–H and O–H groups in total. The maximum absolute atomic E-state index is 13.0. The second-order valence-electron chi connectivity index (χ2n) is 6.08. The minimum absolute atomic E-state index is 0.00531. The molecule has 1 saturated heterocycles. The number of alkyl halides is 3. The lowest BCUT2D eigenvalue weighted by Gasteiger charge is -2.28. The van der Waals surface area contributed by atoms with Gasteiger partial charge in [-0.05, 0) is 45.0 Å². The van der Waals surface area contributed by atoms with E-state index in [-0.39, 0.29) is 11.3 Å². The molecule has 24 heavy (non-hydrogen) atoms. The van der Waals surface area contributed by atoms with Crippen molar-refractivity contribution in [2.24, 2.45) is 5.92 Å². The van der Waals surface area contributed by atoms with Crippen molar-refractivity contribution < 1.29 is 18.0 Å². The molecule has 9 heteroatoms. The van der Waals surface area contributed by atoms with E-state index in [1.165, 1.54) is 6.07 Å². The van der Waals surface area contributed by atoms with Gasteiger partial charge < -0.3 is 10.2 Å². The lowest BCUT2D eigenvalue weighted by atomic mass is 9.97. The van der Waals surface area contributed by atoms with Gasteiger partial charge >= 0.3 is 6.18 Å². The summed E-state index contributed by atoms with van der Waals surface area (Å²) in [6.45, 7) is 2.46. The van der Waals surface area contributed by atoms with Gasteiger partial charge in [0.15, 0.2) is 11.3 Å². The number of fused-ring (bicyclic) bond motifs is 1. The predicted molar refractivity (Wildman–Crippen MR) is 80.5 cm³/mol. The molecule has 0 saturated carbocycles. The second kappa shape index (κ2) is 6.39. The van der Waals surface area contributed by atoms with E-state index in [9.17, 15) is 18.0 Å². The Kier molecular flexibility index (Phi) is 4.44. The van der Waals surface area contributed by atoms with E-state index >= 15 is 0 Å². The largest absolute Gasteiger partial charge is 0.433 e. The van der Waals surface area contributed by atoms with Crippen LogP contribution in [0.3, 0.4) is 0 Å². The molecule has 0 spiro atoms. The molecular formula is C15H18F3N5O. The van der Waals surface area contributed by atoms with Crippen molar-refractivity contribution in [1.82, 2.24) is 24.8 Å². The molecule has 0 aliphatic carbocycles. The zero-order chi connectivity index (χ0) is 17.3. The summed E-state index contributed by atoms with van der Waals surface area (Å²) in [6.07, 6.45) is -1.53. The van der Waals surface area contributed by atoms with Crippen molar-refractivity contribution in [2.75, 3.05) is 26.7 Å². The number of hydrogen-bond acceptors (Lipinski definition) is 4. The Morgan fingerprint density at radius 2 is 2.08 bits per heavy atom. The van der Waals surface area contributed by atoms with Crippen LogP contribution in [-0.2, 0) is 6.18 Å². The summed E-state index contributed by atoms with van der Waals surface area (Å²) in [7, 11) is 2.05. The molecule has 2 aromatic rings. The van der Waals surface area contributed by atoms with Crippen molar-refractivity contribution >= 4 is 11.6 Å². The van der Waals surface area contributed by atoms with Crippen molar-refractivity contribution in [3.05, 3.63) is 29.7 Å². The quantitative estimate of drug-likeness (QED) is 0.925. The van der Waals surface area contributed by atoms with Crippen LogP contribution >= 0.6 is 0 Å². The van der Waals surface area contributed by atoms with Gasteiger partial charge in [-0.25, -0.2) is 9.50 Å². The minimum Gasteiger partial charge on any atom is -0.350 e. The van der Waals surface area contributed by atoms with Gasteiger partial charge in [-0.15, -0.1) is 0 Å². The summed E-state index contributed by atoms with van der Waals surface area (Å²) >= 11 is 0. The van der Waals surface area contributed by atoms with E-state index in [2.05, 4.69) is 27.3 Å². The van der Waals surface area contributed by atoms with E-state index in [4.69, 9.17) is 0 Å². The molecule has 0 radical (unpaired) electrons. The molecule has 0 atom stereocenters. The number of aromatic nitrogens is 3. The third-order valence-corrected chi connectivity index (χ3v) is 4.27. The number of likely N-dealkylation sites (tertiary alicyclic amines) is 1. The van der Waals surface area contributed by atoms with Gasteiger partial charge in [0, 0.05) is 18.8 Å². The van der Waals surface area contributed by atoms with E-state index < -0.39 is 17.8 Å². The van der Waals surface area contributed by atoms with Gasteiger partial charge in [0.2, 0.25) is 0 Å². The zero-order valence-electron chi connectivity index (χ0n) is 13.2. The van der Waals surface area contributed by atoms with Crippen molar-refractivity contribution in [2.45, 2.75) is 19.0 Å². The highest BCUT2D eigenvalue weighted by atomic mass is 19.4. The summed E-state index contributed by atoms with van der Waals surface area (Å²) in [6, 6.07) is 2.10. The number of nitrogens with zero attached hydrogens (tertiary/aromatic N) is 4. The first kappa shape index (κ1) is 16.7. The molecule has 0 unspecified atom stereocenters. The van der Waals surface area contributed by atoms with Crippen LogP contribution in [0.2, 0.25) is 0 Å². The maximum atomic E-state index is 13.0. The molecule has 3 heterocycles. The van der Waals surface area contributed by atoms with Crippen LogP contribution in [0.5, 0.6) is 0 Å². The Morgan fingerprint density at radius 3 is 2.75 bits per heavy atom. The molecule has 2 aromatic heterocycles. The van der Waals surface area contributed by atoms with Crippen molar-refractivity contribution in [1.29, 1.82) is 0 Å². The van der Waals surface area contributed by atoms with E-state index in [1.807, 2.05) is 0 Å². The fraction of sp³-hybridized carbons (Fsp3) is 0.533. The summed E-state index contributed by atoms with van der Waals surface area (Å²) in [5.74, 6) is -0.0985. The first-order valence-electron chi connectivity index (χ1n) is 7.73. The monoisotopic (exact) mass is 341 g/mol. The van der Waals surface area contributed by atoms with Gasteiger partial charge in [0.05, 0.1) is 0 Å². The standard InChI is InChI=1S/C15H18F3N5O/c1-22-6-3-10(4-7-22)9-20-14(24)11-8-13-19-5-2-12(15(16,17)18)23(13)21-11/h2,5,8,10H,3-4,6-7,9H2,1H3,(H,20,24). The Bertz CT molecular complexity index is 734. The zero-order valence-corrected chi connectivity index (χ0v) is 13.2. The first-order valence-corrected chi connectivity index (χ1v) is 7.73. The number of carbonyl (C=O) groups excluding carboxylic acids is 1. The summed E-state index contributed by atoms with van der Waals surface area (Å²) < 4.78 is 39.5. The van der Waals surface area contributed by atoms with Crippen LogP contribution in [0.15, 0.2) is 18.3 Å². The van der Waals surface area contributed by atoms with E-state index in [1.54, 1.807) is 0 Å². The fourth-order valence-electron chi connectivity index (χ4n) is 2.81. The maximum Gasteiger partial charge on any atom is 0.433 e. The Morgan fingerprint density at radius 1 is 1.38 bits per heavy atom. The average Bonchev–Trinajstić information content (AvgIpc) is 2.97. The number of rotatable bonds is 3. The van der Waals surface area contributed by atoms with Gasteiger partial charge in [-0.2, -0.15) is 18.3 Å². The minimum atomic E-state index is -4.56. The number of piperidine rings is 1. The van der Waals surface area contributed by atoms with Crippen LogP contribution in [0.25, 0.3) is 5.65 Å². The highest BCUT2D eigenvalue weighted by molar-refractivity contribution is 5.93. The Balaban J connectivity index is 1.71. The van der Waals surface area contributed by atoms with Crippen LogP contribution in [0.1, 0.15) is 29.0 Å². The highest BCUT2D eigenvalue weighted by Gasteiger charge is 2.34. The van der Waals surface area contributed by atoms with Gasteiger partial charge in [-0.3, -0.25) is 4.79 Å². The topological polar surface area (TPSA) is 62.5 Å². The number of nitrogens with one attached hydrogen (secondary N) is 1. The molecule has 3 rings (SSSR count). The molecule has 130 valence electrons. The van der Waals surface area contributed by atoms with Crippen LogP contribution in [-0.4, -0.2) is 52.1 Å². The van der Waals surface area contributed by atoms with Gasteiger partial charge in [0.1, 0.15) is 5.69 Å². The number of amides is 1. The third kappa shape index (κ3) is 3.50. The third-order valence-electron chi connectivity index (χ3n) is 4.27. The molecule has 0 bridgehead atoms. The molecule has 0 aromatic carbocycles. The fourth-order valence-corrected chi connectivity index (χ4v) is 2.81. The summed E-state index contributed by atoms with van der Waals surface area (Å²) in [5, 5.41) is 6.53. The predicted octanol–water partition coefficient (Wildman–Crippen LogP) is 1.82. The molecule has 1 fully saturated rings. The normalized spacial score (nSPS) is 17.3. The van der Waals surface area contributed by atoms with Crippen LogP contribution in [0, 0.1) is 5.92 Å². The SMILES string of the molecule is CN1CCC(CNC(=O)c2cc3nccc(C(F)(F)F)n3n2)CC1. The van der Waals surface area contributed by atoms with Gasteiger partial charge in [-0.1, -0.05) is 0 Å². The van der Waals surface area contributed by atoms with Gasteiger partial charge in [0.25, 0.3) is 5.91 Å². The Labute approximate surface area is 136 Å². The summed E-state index contributed by atoms with van der Waals surface area (Å²) in [4.78, 5) is 18.2. The number of halogens is 3. The number of hydrogen-bond donors (Lipinski definition) is 1. The first-order chi connectivity index (χ1) is 11.3. The van der Waals surface area contributed by atoms with Crippen LogP contribution < -0.4 is 5.32 Å². The average molecular weight is 341 g/mol. The Hall–Kier alpha value is -2.16. The molecule has 1 aliphatic rings. The van der Waals surface area contributed by atoms with E-state index in [0.717, 1.165) is 38.2 Å². The van der Waals surface area contributed by atoms with E-state index in [0.29, 0.717) is 17.0 Å². The molecular weight excluding hydrogens is 323 g/mol. The smallest absolute Gasteiger partial charge is 0.350 e. The lowest BCUT2D eigenvalue weighted by molar-refractivity contribution is -0.142.